The Bertz CT molecular complexity index is 442. The van der Waals surface area contributed by atoms with Crippen molar-refractivity contribution >= 4 is 43.4 Å². The highest BCUT2D eigenvalue weighted by atomic mass is 79.9. The van der Waals surface area contributed by atoms with Crippen molar-refractivity contribution in [3.05, 3.63) is 20.9 Å². The summed E-state index contributed by atoms with van der Waals surface area (Å²) in [5.41, 5.74) is 16.8. The lowest BCUT2D eigenvalue weighted by Crippen LogP contribution is -2.57. The molecule has 0 amide bonds. The minimum absolute atomic E-state index is 0.0976. The number of carbonyl (C=O) groups is 2. The van der Waals surface area contributed by atoms with E-state index >= 15 is 0 Å². The molecule has 1 saturated carbocycles. The average Bonchev–Trinajstić information content (AvgIpc) is 2.45. The first kappa shape index (κ1) is 17.0. The van der Waals surface area contributed by atoms with E-state index in [9.17, 15) is 9.59 Å². The van der Waals surface area contributed by atoms with Crippen LogP contribution in [0, 0.1) is 23.7 Å². The topological polar surface area (TPSA) is 132 Å². The number of nitrogens with zero attached hydrogens (tertiary/aromatic N) is 6. The summed E-state index contributed by atoms with van der Waals surface area (Å²) >= 11 is 6.20. The summed E-state index contributed by atoms with van der Waals surface area (Å²) < 4.78 is 0. The number of alkyl halides is 2. The number of Topliss-reactive ketones (excluding diaryl/α,β-unsaturated/α-hetero) is 2. The summed E-state index contributed by atoms with van der Waals surface area (Å²) in [6, 6.07) is 0. The van der Waals surface area contributed by atoms with E-state index in [1.54, 1.807) is 0 Å². The van der Waals surface area contributed by atoms with Crippen molar-refractivity contribution in [1.29, 1.82) is 0 Å². The molecule has 0 aromatic rings. The highest BCUT2D eigenvalue weighted by Crippen LogP contribution is 2.48. The highest BCUT2D eigenvalue weighted by molar-refractivity contribution is 9.09. The number of carbonyl (C=O) groups excluding carboxylic acids is 2. The van der Waals surface area contributed by atoms with Gasteiger partial charge < -0.3 is 0 Å². The smallest absolute Gasteiger partial charge is 0.147 e. The van der Waals surface area contributed by atoms with Crippen LogP contribution in [0.2, 0.25) is 0 Å². The van der Waals surface area contributed by atoms with Gasteiger partial charge in [-0.2, -0.15) is 0 Å². The van der Waals surface area contributed by atoms with Crippen LogP contribution in [0.3, 0.4) is 0 Å². The second-order valence-corrected chi connectivity index (χ2v) is 5.53. The monoisotopic (exact) mass is 406 g/mol. The number of ketones is 2. The van der Waals surface area contributed by atoms with Crippen LogP contribution in [0.15, 0.2) is 10.2 Å². The Morgan fingerprint density at radius 1 is 0.900 bits per heavy atom. The van der Waals surface area contributed by atoms with Gasteiger partial charge in [0.25, 0.3) is 0 Å². The van der Waals surface area contributed by atoms with Gasteiger partial charge in [0.1, 0.15) is 11.6 Å². The average molecular weight is 408 g/mol. The van der Waals surface area contributed by atoms with Crippen molar-refractivity contribution in [2.45, 2.75) is 0 Å². The number of rotatable bonds is 8. The van der Waals surface area contributed by atoms with Gasteiger partial charge in [-0.05, 0) is 22.9 Å². The van der Waals surface area contributed by atoms with E-state index in [-0.39, 0.29) is 47.2 Å². The Morgan fingerprint density at radius 3 is 1.50 bits per heavy atom. The Hall–Kier alpha value is -1.08. The highest BCUT2D eigenvalue weighted by Gasteiger charge is 2.54. The number of hydrogen-bond donors (Lipinski definition) is 0. The molecule has 4 atom stereocenters. The maximum absolute atomic E-state index is 12.0. The summed E-state index contributed by atoms with van der Waals surface area (Å²) in [5, 5.41) is 7.27. The van der Waals surface area contributed by atoms with Crippen molar-refractivity contribution in [3.63, 3.8) is 0 Å². The molecule has 0 radical (unpaired) electrons. The van der Waals surface area contributed by atoms with Crippen LogP contribution in [-0.2, 0) is 9.59 Å². The first-order valence-electron chi connectivity index (χ1n) is 5.81. The summed E-state index contributed by atoms with van der Waals surface area (Å²) in [6.07, 6.45) is 0. The fraction of sp³-hybridized carbons (Fsp3) is 0.800. The molecule has 0 saturated heterocycles. The molecule has 10 heteroatoms. The van der Waals surface area contributed by atoms with Gasteiger partial charge in [-0.3, -0.25) is 9.59 Å². The lowest BCUT2D eigenvalue weighted by atomic mass is 9.54. The molecule has 0 bridgehead atoms. The fourth-order valence-corrected chi connectivity index (χ4v) is 3.48. The molecule has 20 heavy (non-hydrogen) atoms. The van der Waals surface area contributed by atoms with Gasteiger partial charge in [0.15, 0.2) is 0 Å². The largest absolute Gasteiger partial charge is 0.298 e. The van der Waals surface area contributed by atoms with Crippen LogP contribution in [0.25, 0.3) is 20.9 Å². The van der Waals surface area contributed by atoms with Crippen molar-refractivity contribution < 1.29 is 9.59 Å². The molecule has 1 aliphatic carbocycles. The summed E-state index contributed by atoms with van der Waals surface area (Å²) in [4.78, 5) is 29.3. The van der Waals surface area contributed by atoms with Gasteiger partial charge >= 0.3 is 0 Å². The van der Waals surface area contributed by atoms with Crippen LogP contribution in [0.4, 0.5) is 0 Å². The third kappa shape index (κ3) is 3.52. The molecule has 0 N–H and O–H groups in total. The second-order valence-electron chi connectivity index (χ2n) is 4.41. The van der Waals surface area contributed by atoms with Gasteiger partial charge in [0.2, 0.25) is 0 Å². The summed E-state index contributed by atoms with van der Waals surface area (Å²) in [5.74, 6) is -1.67. The van der Waals surface area contributed by atoms with E-state index in [4.69, 9.17) is 11.1 Å². The maximum Gasteiger partial charge on any atom is 0.147 e. The molecule has 0 aliphatic heterocycles. The quantitative estimate of drug-likeness (QED) is 0.265. The van der Waals surface area contributed by atoms with Crippen LogP contribution in [0.5, 0.6) is 0 Å². The van der Waals surface area contributed by atoms with Crippen LogP contribution >= 0.6 is 31.9 Å². The van der Waals surface area contributed by atoms with Crippen molar-refractivity contribution in [1.82, 2.24) is 0 Å². The molecule has 0 spiro atoms. The van der Waals surface area contributed by atoms with E-state index in [2.05, 4.69) is 51.9 Å². The second kappa shape index (κ2) is 8.26. The maximum atomic E-state index is 12.0. The predicted molar refractivity (Wildman–Crippen MR) is 79.6 cm³/mol. The van der Waals surface area contributed by atoms with Gasteiger partial charge in [-0.15, -0.1) is 0 Å². The zero-order valence-corrected chi connectivity index (χ0v) is 13.6. The van der Waals surface area contributed by atoms with Crippen molar-refractivity contribution in [3.8, 4) is 0 Å². The van der Waals surface area contributed by atoms with Crippen molar-refractivity contribution in [2.75, 3.05) is 23.7 Å². The molecule has 1 fully saturated rings. The zero-order chi connectivity index (χ0) is 15.1. The molecule has 108 valence electrons. The van der Waals surface area contributed by atoms with Gasteiger partial charge in [0.05, 0.1) is 10.7 Å². The molecule has 8 nitrogen and oxygen atoms in total. The molecule has 0 aromatic heterocycles. The number of azide groups is 2. The number of hydrogen-bond acceptors (Lipinski definition) is 4. The van der Waals surface area contributed by atoms with E-state index in [0.29, 0.717) is 0 Å². The Balaban J connectivity index is 3.01. The third-order valence-electron chi connectivity index (χ3n) is 3.58. The molecule has 0 heterocycles. The standard InChI is InChI=1S/C10H12Br2N6O2/c11-1-7(19)9-5(3-15-17-13)6(4-16-18-14)10(9)8(20)2-12/h5-6,9-10H,1-4H2/t5-,6-,9-,10-/m0/s1. The molecular formula is C10H12Br2N6O2. The SMILES string of the molecule is [N-]=[N+]=NC[C@H]1[C@H](CN=[N+]=[N-])[C@@H](C(=O)CBr)[C@@H]1C(=O)CBr. The van der Waals surface area contributed by atoms with E-state index < -0.39 is 11.8 Å². The van der Waals surface area contributed by atoms with Gasteiger partial charge in [-0.1, -0.05) is 42.1 Å². The van der Waals surface area contributed by atoms with Crippen molar-refractivity contribution in [2.24, 2.45) is 33.9 Å². The van der Waals surface area contributed by atoms with E-state index in [1.165, 1.54) is 0 Å². The van der Waals surface area contributed by atoms with Gasteiger partial charge in [0, 0.05) is 34.7 Å². The van der Waals surface area contributed by atoms with Crippen LogP contribution in [0.1, 0.15) is 0 Å². The Kier molecular flexibility index (Phi) is 7.01. The molecule has 1 rings (SSSR count). The van der Waals surface area contributed by atoms with E-state index in [0.717, 1.165) is 0 Å². The Labute approximate surface area is 131 Å². The first-order chi connectivity index (χ1) is 9.62. The summed E-state index contributed by atoms with van der Waals surface area (Å²) in [7, 11) is 0. The minimum atomic E-state index is -0.483. The first-order valence-corrected chi connectivity index (χ1v) is 8.05. The fourth-order valence-electron chi connectivity index (χ4n) is 2.74. The zero-order valence-electron chi connectivity index (χ0n) is 10.4. The minimum Gasteiger partial charge on any atom is -0.298 e. The van der Waals surface area contributed by atoms with Gasteiger partial charge in [-0.25, -0.2) is 0 Å². The molecule has 0 aromatic carbocycles. The normalized spacial score (nSPS) is 27.7. The lowest BCUT2D eigenvalue weighted by Gasteiger charge is -2.49. The third-order valence-corrected chi connectivity index (χ3v) is 4.68. The van der Waals surface area contributed by atoms with Crippen LogP contribution < -0.4 is 0 Å². The lowest BCUT2D eigenvalue weighted by molar-refractivity contribution is -0.146. The van der Waals surface area contributed by atoms with Crippen LogP contribution in [-0.4, -0.2) is 35.3 Å². The summed E-state index contributed by atoms with van der Waals surface area (Å²) in [6.45, 7) is 0.245. The molecule has 0 unspecified atom stereocenters. The predicted octanol–water partition coefficient (Wildman–Crippen LogP) is 3.01. The van der Waals surface area contributed by atoms with E-state index in [1.807, 2.05) is 0 Å². The molecule has 1 aliphatic rings. The number of halogens is 2. The Morgan fingerprint density at radius 2 is 1.25 bits per heavy atom. The molecular weight excluding hydrogens is 396 g/mol.